The van der Waals surface area contributed by atoms with E-state index in [9.17, 15) is 0 Å². The van der Waals surface area contributed by atoms with E-state index in [1.807, 2.05) is 11.6 Å². The Hall–Kier alpha value is -0.628. The predicted octanol–water partition coefficient (Wildman–Crippen LogP) is 4.21. The zero-order valence-corrected chi connectivity index (χ0v) is 20.3. The summed E-state index contributed by atoms with van der Waals surface area (Å²) in [6.07, 6.45) is 0.906. The largest absolute Gasteiger partial charge is 0.498 e. The van der Waals surface area contributed by atoms with Gasteiger partial charge in [0.15, 0.2) is 8.32 Å². The van der Waals surface area contributed by atoms with E-state index in [0.717, 1.165) is 29.8 Å². The van der Waals surface area contributed by atoms with Crippen molar-refractivity contribution in [1.82, 2.24) is 9.78 Å². The van der Waals surface area contributed by atoms with Crippen LogP contribution >= 0.6 is 0 Å². The second-order valence-electron chi connectivity index (χ2n) is 10.1. The first-order valence-electron chi connectivity index (χ1n) is 10.2. The maximum Gasteiger partial charge on any atom is 0.498 e. The molecule has 1 aliphatic rings. The second kappa shape index (κ2) is 7.32. The molecular weight excluding hydrogens is 355 g/mol. The summed E-state index contributed by atoms with van der Waals surface area (Å²) >= 11 is 0. The maximum absolute atomic E-state index is 6.38. The van der Waals surface area contributed by atoms with Crippen LogP contribution in [0.2, 0.25) is 18.1 Å². The van der Waals surface area contributed by atoms with Crippen molar-refractivity contribution in [2.75, 3.05) is 6.61 Å². The Bertz CT molecular complexity index is 682. The summed E-state index contributed by atoms with van der Waals surface area (Å²) in [5, 5.41) is 4.97. The van der Waals surface area contributed by atoms with Gasteiger partial charge in [-0.25, -0.2) is 0 Å². The Morgan fingerprint density at radius 3 is 2.22 bits per heavy atom. The summed E-state index contributed by atoms with van der Waals surface area (Å²) in [5.74, 6) is 0. The van der Waals surface area contributed by atoms with Gasteiger partial charge in [0.25, 0.3) is 0 Å². The summed E-state index contributed by atoms with van der Waals surface area (Å²) in [4.78, 5) is 0. The lowest BCUT2D eigenvalue weighted by atomic mass is 9.77. The molecule has 1 fully saturated rings. The standard InChI is InChI=1S/C20H39BN2O3Si/c1-12-20(9)19(7,8)25-21(26-20)17-15(2)22-23(16(17)3)13-14-24-27(10,11)18(4,5)6/h12-14H2,1-11H3. The molecule has 1 aliphatic heterocycles. The lowest BCUT2D eigenvalue weighted by Gasteiger charge is -2.36. The highest BCUT2D eigenvalue weighted by atomic mass is 28.4. The molecule has 2 rings (SSSR count). The lowest BCUT2D eigenvalue weighted by Crippen LogP contribution is -2.44. The van der Waals surface area contributed by atoms with Crippen LogP contribution in [0.5, 0.6) is 0 Å². The Morgan fingerprint density at radius 2 is 1.74 bits per heavy atom. The Labute approximate surface area is 167 Å². The number of nitrogens with zero attached hydrogens (tertiary/aromatic N) is 2. The molecule has 1 aromatic heterocycles. The molecule has 1 atom stereocenters. The monoisotopic (exact) mass is 394 g/mol. The van der Waals surface area contributed by atoms with Crippen molar-refractivity contribution in [3.63, 3.8) is 0 Å². The van der Waals surface area contributed by atoms with E-state index in [1.54, 1.807) is 0 Å². The van der Waals surface area contributed by atoms with E-state index >= 15 is 0 Å². The molecule has 154 valence electrons. The van der Waals surface area contributed by atoms with Gasteiger partial charge in [-0.2, -0.15) is 5.10 Å². The molecule has 1 saturated heterocycles. The van der Waals surface area contributed by atoms with Gasteiger partial charge in [-0.3, -0.25) is 4.68 Å². The smallest absolute Gasteiger partial charge is 0.415 e. The summed E-state index contributed by atoms with van der Waals surface area (Å²) in [6, 6.07) is 0. The van der Waals surface area contributed by atoms with E-state index in [0.29, 0.717) is 6.61 Å². The van der Waals surface area contributed by atoms with Gasteiger partial charge in [0.2, 0.25) is 0 Å². The third-order valence-electron chi connectivity index (χ3n) is 6.96. The summed E-state index contributed by atoms with van der Waals surface area (Å²) in [5.41, 5.74) is 2.50. The Morgan fingerprint density at radius 1 is 1.15 bits per heavy atom. The summed E-state index contributed by atoms with van der Waals surface area (Å²) in [7, 11) is -2.10. The fourth-order valence-corrected chi connectivity index (χ4v) is 4.33. The van der Waals surface area contributed by atoms with Gasteiger partial charge in [-0.05, 0) is 59.2 Å². The minimum Gasteiger partial charge on any atom is -0.415 e. The second-order valence-corrected chi connectivity index (χ2v) is 14.9. The molecule has 5 nitrogen and oxygen atoms in total. The highest BCUT2D eigenvalue weighted by molar-refractivity contribution is 6.74. The van der Waals surface area contributed by atoms with Gasteiger partial charge < -0.3 is 13.7 Å². The van der Waals surface area contributed by atoms with Crippen molar-refractivity contribution in [2.24, 2.45) is 0 Å². The van der Waals surface area contributed by atoms with Crippen molar-refractivity contribution in [1.29, 1.82) is 0 Å². The van der Waals surface area contributed by atoms with Crippen LogP contribution in [0.3, 0.4) is 0 Å². The lowest BCUT2D eigenvalue weighted by molar-refractivity contribution is -0.0118. The number of hydrogen-bond acceptors (Lipinski definition) is 4. The fraction of sp³-hybridized carbons (Fsp3) is 0.850. The van der Waals surface area contributed by atoms with E-state index in [4.69, 9.17) is 18.8 Å². The molecule has 2 heterocycles. The molecule has 0 amide bonds. The number of aryl methyl sites for hydroxylation is 1. The molecule has 1 aromatic rings. The van der Waals surface area contributed by atoms with Gasteiger partial charge in [0.05, 0.1) is 30.0 Å². The third-order valence-corrected chi connectivity index (χ3v) is 11.5. The third kappa shape index (κ3) is 4.21. The van der Waals surface area contributed by atoms with E-state index in [-0.39, 0.29) is 23.4 Å². The van der Waals surface area contributed by atoms with Crippen LogP contribution in [-0.2, 0) is 20.3 Å². The van der Waals surface area contributed by atoms with Crippen LogP contribution < -0.4 is 5.46 Å². The summed E-state index contributed by atoms with van der Waals surface area (Å²) < 4.78 is 21.1. The van der Waals surface area contributed by atoms with Crippen LogP contribution in [0.25, 0.3) is 0 Å². The molecule has 0 N–H and O–H groups in total. The van der Waals surface area contributed by atoms with Crippen molar-refractivity contribution >= 4 is 20.9 Å². The average molecular weight is 394 g/mol. The van der Waals surface area contributed by atoms with Crippen molar-refractivity contribution < 1.29 is 13.7 Å². The van der Waals surface area contributed by atoms with Crippen molar-refractivity contribution in [3.05, 3.63) is 11.4 Å². The van der Waals surface area contributed by atoms with Crippen molar-refractivity contribution in [3.8, 4) is 0 Å². The van der Waals surface area contributed by atoms with Crippen LogP contribution in [0.15, 0.2) is 0 Å². The first kappa shape index (κ1) is 22.7. The minimum atomic E-state index is -1.74. The molecule has 7 heteroatoms. The number of hydrogen-bond donors (Lipinski definition) is 0. The fourth-order valence-electron chi connectivity index (χ4n) is 3.29. The quantitative estimate of drug-likeness (QED) is 0.678. The molecule has 0 radical (unpaired) electrons. The van der Waals surface area contributed by atoms with Gasteiger partial charge in [0, 0.05) is 11.2 Å². The van der Waals surface area contributed by atoms with Crippen LogP contribution in [0.4, 0.5) is 0 Å². The van der Waals surface area contributed by atoms with E-state index in [2.05, 4.69) is 68.5 Å². The van der Waals surface area contributed by atoms with Crippen LogP contribution in [0, 0.1) is 13.8 Å². The first-order chi connectivity index (χ1) is 12.2. The minimum absolute atomic E-state index is 0.217. The van der Waals surface area contributed by atoms with E-state index < -0.39 is 8.32 Å². The zero-order valence-electron chi connectivity index (χ0n) is 19.3. The van der Waals surface area contributed by atoms with Crippen molar-refractivity contribution in [2.45, 2.75) is 105 Å². The number of aromatic nitrogens is 2. The zero-order chi connectivity index (χ0) is 20.8. The Kier molecular flexibility index (Phi) is 6.14. The Balaban J connectivity index is 2.14. The highest BCUT2D eigenvalue weighted by Gasteiger charge is 2.54. The highest BCUT2D eigenvalue weighted by Crippen LogP contribution is 2.40. The number of rotatable bonds is 6. The first-order valence-corrected chi connectivity index (χ1v) is 13.1. The SMILES string of the molecule is CCC1(C)OB(c2c(C)nn(CCO[Si](C)(C)C(C)(C)C)c2C)OC1(C)C. The summed E-state index contributed by atoms with van der Waals surface area (Å²) in [6.45, 7) is 25.4. The van der Waals surface area contributed by atoms with Gasteiger partial charge in [-0.15, -0.1) is 0 Å². The molecule has 27 heavy (non-hydrogen) atoms. The van der Waals surface area contributed by atoms with Crippen LogP contribution in [0.1, 0.15) is 66.3 Å². The molecular formula is C20H39BN2O3Si. The molecule has 0 bridgehead atoms. The van der Waals surface area contributed by atoms with E-state index in [1.165, 1.54) is 0 Å². The normalized spacial score (nSPS) is 23.3. The predicted molar refractivity (Wildman–Crippen MR) is 115 cm³/mol. The molecule has 0 spiro atoms. The molecule has 0 saturated carbocycles. The molecule has 0 aromatic carbocycles. The molecule has 0 aliphatic carbocycles. The van der Waals surface area contributed by atoms with Crippen LogP contribution in [-0.4, -0.2) is 43.0 Å². The topological polar surface area (TPSA) is 45.5 Å². The van der Waals surface area contributed by atoms with Gasteiger partial charge >= 0.3 is 7.12 Å². The average Bonchev–Trinajstić information content (AvgIpc) is 2.91. The molecule has 1 unspecified atom stereocenters. The van der Waals surface area contributed by atoms with Gasteiger partial charge in [0.1, 0.15) is 0 Å². The maximum atomic E-state index is 6.38. The van der Waals surface area contributed by atoms with Gasteiger partial charge in [-0.1, -0.05) is 27.7 Å².